The van der Waals surface area contributed by atoms with Crippen molar-refractivity contribution < 1.29 is 19.1 Å². The molecule has 0 radical (unpaired) electrons. The van der Waals surface area contributed by atoms with Gasteiger partial charge in [-0.3, -0.25) is 9.59 Å². The Morgan fingerprint density at radius 3 is 2.52 bits per heavy atom. The zero-order valence-electron chi connectivity index (χ0n) is 12.5. The zero-order chi connectivity index (χ0) is 15.8. The van der Waals surface area contributed by atoms with Crippen LogP contribution in [0, 0.1) is 10.5 Å². The first-order valence-electron chi connectivity index (χ1n) is 6.60. The second-order valence-electron chi connectivity index (χ2n) is 4.58. The number of hydrogen-bond donors (Lipinski definition) is 0. The van der Waals surface area contributed by atoms with E-state index in [-0.39, 0.29) is 18.3 Å². The van der Waals surface area contributed by atoms with Crippen LogP contribution in [0.15, 0.2) is 18.2 Å². The molecule has 0 atom stereocenters. The predicted molar refractivity (Wildman–Crippen MR) is 88.3 cm³/mol. The van der Waals surface area contributed by atoms with Gasteiger partial charge in [-0.15, -0.1) is 0 Å². The van der Waals surface area contributed by atoms with E-state index in [9.17, 15) is 9.59 Å². The van der Waals surface area contributed by atoms with Crippen LogP contribution in [0.2, 0.25) is 0 Å². The molecule has 1 aromatic carbocycles. The molecule has 21 heavy (non-hydrogen) atoms. The van der Waals surface area contributed by atoms with Gasteiger partial charge in [-0.1, -0.05) is 6.07 Å². The maximum Gasteiger partial charge on any atom is 0.307 e. The Morgan fingerprint density at radius 2 is 1.95 bits per heavy atom. The van der Waals surface area contributed by atoms with Crippen molar-refractivity contribution in [2.45, 2.75) is 13.3 Å². The molecule has 0 heterocycles. The minimum Gasteiger partial charge on any atom is -0.469 e. The molecular formula is C15H20INO4. The van der Waals surface area contributed by atoms with Crippen molar-refractivity contribution in [3.8, 4) is 0 Å². The van der Waals surface area contributed by atoms with Gasteiger partial charge >= 0.3 is 5.97 Å². The molecule has 0 saturated heterocycles. The molecule has 0 fully saturated rings. The highest BCUT2D eigenvalue weighted by atomic mass is 127. The molecule has 5 nitrogen and oxygen atoms in total. The first-order valence-corrected chi connectivity index (χ1v) is 7.68. The van der Waals surface area contributed by atoms with Gasteiger partial charge in [0.1, 0.15) is 0 Å². The topological polar surface area (TPSA) is 55.8 Å². The van der Waals surface area contributed by atoms with Gasteiger partial charge in [0.15, 0.2) is 0 Å². The van der Waals surface area contributed by atoms with E-state index in [1.54, 1.807) is 18.1 Å². The summed E-state index contributed by atoms with van der Waals surface area (Å²) in [5.74, 6) is -0.433. The molecule has 0 N–H and O–H groups in total. The summed E-state index contributed by atoms with van der Waals surface area (Å²) in [4.78, 5) is 25.4. The molecule has 116 valence electrons. The Balaban J connectivity index is 2.82. The van der Waals surface area contributed by atoms with Gasteiger partial charge in [0.05, 0.1) is 20.1 Å². The molecule has 0 spiro atoms. The molecule has 0 aliphatic carbocycles. The van der Waals surface area contributed by atoms with Crippen LogP contribution in [-0.4, -0.2) is 50.7 Å². The fraction of sp³-hybridized carbons (Fsp3) is 0.467. The van der Waals surface area contributed by atoms with Crippen LogP contribution in [0.1, 0.15) is 22.3 Å². The van der Waals surface area contributed by atoms with E-state index in [0.29, 0.717) is 25.3 Å². The average Bonchev–Trinajstić information content (AvgIpc) is 2.49. The smallest absolute Gasteiger partial charge is 0.307 e. The molecule has 0 aliphatic heterocycles. The number of nitrogens with zero attached hydrogens (tertiary/aromatic N) is 1. The number of esters is 1. The molecule has 0 aromatic heterocycles. The second kappa shape index (κ2) is 8.99. The maximum atomic E-state index is 12.5. The average molecular weight is 405 g/mol. The molecule has 0 unspecified atom stereocenters. The number of benzene rings is 1. The largest absolute Gasteiger partial charge is 0.469 e. The third-order valence-electron chi connectivity index (χ3n) is 3.08. The van der Waals surface area contributed by atoms with E-state index in [0.717, 1.165) is 9.13 Å². The summed E-state index contributed by atoms with van der Waals surface area (Å²) in [5, 5.41) is 0. The fourth-order valence-corrected chi connectivity index (χ4v) is 2.27. The van der Waals surface area contributed by atoms with Crippen molar-refractivity contribution in [1.82, 2.24) is 4.90 Å². The third kappa shape index (κ3) is 5.62. The molecule has 0 aliphatic rings. The van der Waals surface area contributed by atoms with Gasteiger partial charge in [-0.05, 0) is 47.2 Å². The molecule has 0 bridgehead atoms. The van der Waals surface area contributed by atoms with Crippen molar-refractivity contribution in [1.29, 1.82) is 0 Å². The molecule has 0 saturated carbocycles. The molecule has 1 rings (SSSR count). The summed E-state index contributed by atoms with van der Waals surface area (Å²) in [6, 6.07) is 5.58. The third-order valence-corrected chi connectivity index (χ3v) is 4.25. The lowest BCUT2D eigenvalue weighted by molar-refractivity contribution is -0.140. The van der Waals surface area contributed by atoms with Gasteiger partial charge in [0.2, 0.25) is 0 Å². The molecular weight excluding hydrogens is 385 g/mol. The number of rotatable bonds is 7. The number of ether oxygens (including phenoxy) is 2. The summed E-state index contributed by atoms with van der Waals surface area (Å²) in [6.45, 7) is 3.18. The number of aryl methyl sites for hydroxylation is 1. The first-order chi connectivity index (χ1) is 9.99. The van der Waals surface area contributed by atoms with Crippen molar-refractivity contribution in [3.05, 3.63) is 32.9 Å². The van der Waals surface area contributed by atoms with Crippen LogP contribution >= 0.6 is 22.6 Å². The zero-order valence-corrected chi connectivity index (χ0v) is 14.7. The summed E-state index contributed by atoms with van der Waals surface area (Å²) in [6.07, 6.45) is 0.176. The number of carbonyl (C=O) groups is 2. The van der Waals surface area contributed by atoms with Crippen LogP contribution in [0.5, 0.6) is 0 Å². The Labute approximate surface area is 138 Å². The molecule has 1 amide bonds. The number of halogens is 1. The Kier molecular flexibility index (Phi) is 7.66. The highest BCUT2D eigenvalue weighted by molar-refractivity contribution is 14.1. The summed E-state index contributed by atoms with van der Waals surface area (Å²) in [5.41, 5.74) is 1.75. The van der Waals surface area contributed by atoms with Crippen LogP contribution in [0.25, 0.3) is 0 Å². The van der Waals surface area contributed by atoms with E-state index >= 15 is 0 Å². The van der Waals surface area contributed by atoms with Crippen molar-refractivity contribution in [3.63, 3.8) is 0 Å². The number of methoxy groups -OCH3 is 2. The van der Waals surface area contributed by atoms with E-state index in [1.807, 2.05) is 19.1 Å². The highest BCUT2D eigenvalue weighted by Gasteiger charge is 2.17. The van der Waals surface area contributed by atoms with Crippen molar-refractivity contribution >= 4 is 34.5 Å². The van der Waals surface area contributed by atoms with Crippen LogP contribution in [-0.2, 0) is 14.3 Å². The Morgan fingerprint density at radius 1 is 1.24 bits per heavy atom. The van der Waals surface area contributed by atoms with E-state index in [4.69, 9.17) is 4.74 Å². The second-order valence-corrected chi connectivity index (χ2v) is 5.74. The van der Waals surface area contributed by atoms with E-state index in [1.165, 1.54) is 7.11 Å². The number of amides is 1. The lowest BCUT2D eigenvalue weighted by atomic mass is 10.1. The minimum atomic E-state index is -0.330. The van der Waals surface area contributed by atoms with Crippen molar-refractivity contribution in [2.75, 3.05) is 33.9 Å². The van der Waals surface area contributed by atoms with Gasteiger partial charge in [0.25, 0.3) is 5.91 Å². The lowest BCUT2D eigenvalue weighted by Crippen LogP contribution is -2.35. The van der Waals surface area contributed by atoms with Gasteiger partial charge in [0, 0.05) is 29.3 Å². The summed E-state index contributed by atoms with van der Waals surface area (Å²) >= 11 is 2.20. The van der Waals surface area contributed by atoms with Gasteiger partial charge < -0.3 is 14.4 Å². The molecule has 6 heteroatoms. The van der Waals surface area contributed by atoms with E-state index < -0.39 is 0 Å². The van der Waals surface area contributed by atoms with E-state index in [2.05, 4.69) is 27.3 Å². The van der Waals surface area contributed by atoms with Crippen molar-refractivity contribution in [2.24, 2.45) is 0 Å². The molecule has 1 aromatic rings. The number of hydrogen-bond acceptors (Lipinski definition) is 4. The first kappa shape index (κ1) is 17.9. The van der Waals surface area contributed by atoms with Crippen LogP contribution in [0.3, 0.4) is 0 Å². The Hall–Kier alpha value is -1.15. The Bertz CT molecular complexity index is 504. The van der Waals surface area contributed by atoms with Gasteiger partial charge in [-0.25, -0.2) is 0 Å². The fourth-order valence-electron chi connectivity index (χ4n) is 1.75. The SMILES string of the molecule is COCCN(CCC(=O)OC)C(=O)c1ccc(C)c(I)c1. The minimum absolute atomic E-state index is 0.103. The summed E-state index contributed by atoms with van der Waals surface area (Å²) in [7, 11) is 2.92. The lowest BCUT2D eigenvalue weighted by Gasteiger charge is -2.22. The summed E-state index contributed by atoms with van der Waals surface area (Å²) < 4.78 is 10.7. The standard InChI is InChI=1S/C15H20INO4/c1-11-4-5-12(10-13(11)16)15(19)17(8-9-20-2)7-6-14(18)21-3/h4-5,10H,6-9H2,1-3H3. The normalized spacial score (nSPS) is 10.3. The highest BCUT2D eigenvalue weighted by Crippen LogP contribution is 2.15. The monoisotopic (exact) mass is 405 g/mol. The predicted octanol–water partition coefficient (Wildman–Crippen LogP) is 2.25. The van der Waals surface area contributed by atoms with Crippen LogP contribution in [0.4, 0.5) is 0 Å². The van der Waals surface area contributed by atoms with Crippen LogP contribution < -0.4 is 0 Å². The van der Waals surface area contributed by atoms with Gasteiger partial charge in [-0.2, -0.15) is 0 Å². The maximum absolute atomic E-state index is 12.5. The quantitative estimate of drug-likeness (QED) is 0.516. The number of carbonyl (C=O) groups excluding carboxylic acids is 2.